The summed E-state index contributed by atoms with van der Waals surface area (Å²) in [6.45, 7) is 0. The largest absolute Gasteiger partial charge is 0.456 e. The van der Waals surface area contributed by atoms with Crippen molar-refractivity contribution in [2.45, 2.75) is 0 Å². The molecule has 3 aromatic heterocycles. The van der Waals surface area contributed by atoms with E-state index in [9.17, 15) is 0 Å². The van der Waals surface area contributed by atoms with Crippen LogP contribution in [-0.2, 0) is 0 Å². The second-order valence-corrected chi connectivity index (χ2v) is 14.6. The summed E-state index contributed by atoms with van der Waals surface area (Å²) in [6, 6.07) is 64.0. The average molecular weight is 711 g/mol. The molecule has 0 bridgehead atoms. The number of benzene rings is 8. The third-order valence-corrected chi connectivity index (χ3v) is 11.5. The number of nitrogens with zero attached hydrogens (tertiary/aromatic N) is 2. The normalized spacial score (nSPS) is 11.7. The Morgan fingerprint density at radius 3 is 1.81 bits per heavy atom. The summed E-state index contributed by atoms with van der Waals surface area (Å²) in [5.41, 5.74) is 12.0. The number of anilines is 3. The first kappa shape index (κ1) is 30.7. The van der Waals surface area contributed by atoms with Crippen LogP contribution in [-0.4, -0.2) is 4.98 Å². The fourth-order valence-corrected chi connectivity index (χ4v) is 8.86. The van der Waals surface area contributed by atoms with Gasteiger partial charge in [0, 0.05) is 42.5 Å². The minimum absolute atomic E-state index is 0.605. The molecule has 254 valence electrons. The summed E-state index contributed by atoms with van der Waals surface area (Å²) < 4.78 is 15.3. The van der Waals surface area contributed by atoms with Crippen LogP contribution in [0.1, 0.15) is 0 Å². The zero-order chi connectivity index (χ0) is 35.6. The molecule has 11 aromatic rings. The van der Waals surface area contributed by atoms with E-state index in [1.807, 2.05) is 53.8 Å². The van der Waals surface area contributed by atoms with Crippen molar-refractivity contribution >= 4 is 81.6 Å². The second kappa shape index (κ2) is 12.3. The number of hydrogen-bond acceptors (Lipinski definition) is 5. The number of rotatable bonds is 6. The smallest absolute Gasteiger partial charge is 0.227 e. The lowest BCUT2D eigenvalue weighted by molar-refractivity contribution is 0.622. The Bertz CT molecular complexity index is 3140. The molecule has 0 radical (unpaired) electrons. The van der Waals surface area contributed by atoms with E-state index in [0.717, 1.165) is 66.8 Å². The van der Waals surface area contributed by atoms with E-state index in [0.29, 0.717) is 5.89 Å². The van der Waals surface area contributed by atoms with Crippen molar-refractivity contribution in [1.29, 1.82) is 0 Å². The number of fused-ring (bicyclic) bond motifs is 8. The Hall–Kier alpha value is -6.95. The zero-order valence-electron chi connectivity index (χ0n) is 28.9. The van der Waals surface area contributed by atoms with E-state index in [-0.39, 0.29) is 0 Å². The SMILES string of the molecule is c1ccc(-c2ccc(N(c3ccc(-c4ccc5c(c4)oc4ccc6nc(-c7ccccc7)oc6c45)cc3)c3cccc4sc5ccccc5c34)cc2)cc1. The zero-order valence-corrected chi connectivity index (χ0v) is 29.8. The summed E-state index contributed by atoms with van der Waals surface area (Å²) >= 11 is 1.84. The molecule has 11 rings (SSSR count). The lowest BCUT2D eigenvalue weighted by atomic mass is 10.0. The second-order valence-electron chi connectivity index (χ2n) is 13.5. The van der Waals surface area contributed by atoms with Gasteiger partial charge in [-0.25, -0.2) is 4.98 Å². The van der Waals surface area contributed by atoms with Crippen LogP contribution in [0.5, 0.6) is 0 Å². The summed E-state index contributed by atoms with van der Waals surface area (Å²) in [4.78, 5) is 7.17. The number of hydrogen-bond donors (Lipinski definition) is 0. The molecule has 0 aliphatic rings. The van der Waals surface area contributed by atoms with Gasteiger partial charge in [0.2, 0.25) is 5.89 Å². The van der Waals surface area contributed by atoms with Gasteiger partial charge >= 0.3 is 0 Å². The van der Waals surface area contributed by atoms with E-state index < -0.39 is 0 Å². The molecule has 0 aliphatic heterocycles. The first-order valence-corrected chi connectivity index (χ1v) is 18.8. The lowest BCUT2D eigenvalue weighted by Crippen LogP contribution is -2.10. The van der Waals surface area contributed by atoms with Crippen LogP contribution in [0.2, 0.25) is 0 Å². The number of aromatic nitrogens is 1. The van der Waals surface area contributed by atoms with Crippen LogP contribution in [0.25, 0.3) is 86.9 Å². The Labute approximate surface area is 314 Å². The average Bonchev–Trinajstić information content (AvgIpc) is 3.95. The van der Waals surface area contributed by atoms with Gasteiger partial charge in [-0.15, -0.1) is 11.3 Å². The predicted molar refractivity (Wildman–Crippen MR) is 225 cm³/mol. The molecule has 5 heteroatoms. The van der Waals surface area contributed by atoms with Crippen molar-refractivity contribution < 1.29 is 8.83 Å². The fourth-order valence-electron chi connectivity index (χ4n) is 7.74. The molecule has 0 N–H and O–H groups in total. The van der Waals surface area contributed by atoms with Gasteiger partial charge in [0.25, 0.3) is 0 Å². The van der Waals surface area contributed by atoms with E-state index in [1.165, 1.54) is 31.3 Å². The van der Waals surface area contributed by atoms with Gasteiger partial charge in [0.1, 0.15) is 16.7 Å². The predicted octanol–water partition coefficient (Wildman–Crippen LogP) is 14.6. The van der Waals surface area contributed by atoms with Gasteiger partial charge in [-0.05, 0) is 101 Å². The van der Waals surface area contributed by atoms with Gasteiger partial charge < -0.3 is 13.7 Å². The number of thiophene rings is 1. The quantitative estimate of drug-likeness (QED) is 0.172. The van der Waals surface area contributed by atoms with Crippen LogP contribution in [0.15, 0.2) is 191 Å². The first-order chi connectivity index (χ1) is 26.7. The Kier molecular flexibility index (Phi) is 7.00. The fraction of sp³-hybridized carbons (Fsp3) is 0. The molecule has 0 saturated heterocycles. The van der Waals surface area contributed by atoms with E-state index in [4.69, 9.17) is 13.8 Å². The maximum Gasteiger partial charge on any atom is 0.227 e. The van der Waals surface area contributed by atoms with E-state index in [2.05, 4.69) is 144 Å². The van der Waals surface area contributed by atoms with Gasteiger partial charge in [0.15, 0.2) is 5.58 Å². The van der Waals surface area contributed by atoms with Crippen LogP contribution in [0.4, 0.5) is 17.1 Å². The van der Waals surface area contributed by atoms with Gasteiger partial charge in [-0.2, -0.15) is 0 Å². The van der Waals surface area contributed by atoms with Crippen LogP contribution in [0.3, 0.4) is 0 Å². The summed E-state index contributed by atoms with van der Waals surface area (Å²) in [7, 11) is 0. The molecule has 0 saturated carbocycles. The molecule has 0 spiro atoms. The van der Waals surface area contributed by atoms with Gasteiger partial charge in [-0.1, -0.05) is 103 Å². The summed E-state index contributed by atoms with van der Waals surface area (Å²) in [5, 5.41) is 4.49. The minimum Gasteiger partial charge on any atom is -0.456 e. The third-order valence-electron chi connectivity index (χ3n) is 10.3. The molecule has 8 aromatic carbocycles. The van der Waals surface area contributed by atoms with Gasteiger partial charge in [-0.3, -0.25) is 0 Å². The van der Waals surface area contributed by atoms with Crippen molar-refractivity contribution in [3.05, 3.63) is 182 Å². The molecule has 0 atom stereocenters. The van der Waals surface area contributed by atoms with Crippen molar-refractivity contribution in [1.82, 2.24) is 4.98 Å². The highest BCUT2D eigenvalue weighted by atomic mass is 32.1. The van der Waals surface area contributed by atoms with Gasteiger partial charge in [0.05, 0.1) is 11.1 Å². The maximum atomic E-state index is 6.43. The maximum absolute atomic E-state index is 6.43. The molecule has 0 amide bonds. The third kappa shape index (κ3) is 5.01. The standard InChI is InChI=1S/C49H30N2O2S/c1-3-10-31(11-4-1)32-18-23-36(24-19-32)51(41-15-9-17-45-46(41)39-14-7-8-16-44(39)54-45)37-25-20-33(21-26-37)35-22-27-38-43(30-35)52-42-29-28-40-48(47(38)42)53-49(50-40)34-12-5-2-6-13-34/h1-30H. The van der Waals surface area contributed by atoms with Crippen molar-refractivity contribution in [2.75, 3.05) is 4.90 Å². The highest BCUT2D eigenvalue weighted by Gasteiger charge is 2.20. The van der Waals surface area contributed by atoms with Crippen LogP contribution >= 0.6 is 11.3 Å². The molecule has 3 heterocycles. The minimum atomic E-state index is 0.605. The van der Waals surface area contributed by atoms with E-state index >= 15 is 0 Å². The molecular weight excluding hydrogens is 681 g/mol. The van der Waals surface area contributed by atoms with E-state index in [1.54, 1.807) is 0 Å². The highest BCUT2D eigenvalue weighted by Crippen LogP contribution is 2.45. The molecule has 0 aliphatic carbocycles. The number of oxazole rings is 1. The summed E-state index contributed by atoms with van der Waals surface area (Å²) in [6.07, 6.45) is 0. The number of furan rings is 1. The van der Waals surface area contributed by atoms with Crippen molar-refractivity contribution in [3.63, 3.8) is 0 Å². The van der Waals surface area contributed by atoms with Crippen molar-refractivity contribution in [3.8, 4) is 33.7 Å². The summed E-state index contributed by atoms with van der Waals surface area (Å²) in [5.74, 6) is 0.605. The lowest BCUT2D eigenvalue weighted by Gasteiger charge is -2.27. The molecule has 4 nitrogen and oxygen atoms in total. The Balaban J connectivity index is 1.00. The van der Waals surface area contributed by atoms with Crippen LogP contribution in [0, 0.1) is 0 Å². The molecule has 0 fully saturated rings. The highest BCUT2D eigenvalue weighted by molar-refractivity contribution is 7.26. The monoisotopic (exact) mass is 710 g/mol. The van der Waals surface area contributed by atoms with Crippen molar-refractivity contribution in [2.24, 2.45) is 0 Å². The topological polar surface area (TPSA) is 42.4 Å². The van der Waals surface area contributed by atoms with Crippen LogP contribution < -0.4 is 4.90 Å². The first-order valence-electron chi connectivity index (χ1n) is 18.0. The Morgan fingerprint density at radius 1 is 0.426 bits per heavy atom. The molecule has 0 unspecified atom stereocenters. The Morgan fingerprint density at radius 2 is 1.06 bits per heavy atom. The molecular formula is C49H30N2O2S. The molecule has 54 heavy (non-hydrogen) atoms.